The first-order chi connectivity index (χ1) is 12.9. The molecule has 26 heavy (non-hydrogen) atoms. The van der Waals surface area contributed by atoms with Gasteiger partial charge in [0.25, 0.3) is 0 Å². The summed E-state index contributed by atoms with van der Waals surface area (Å²) in [6.45, 7) is 0.483. The van der Waals surface area contributed by atoms with Crippen molar-refractivity contribution in [3.05, 3.63) is 67.1 Å². The van der Waals surface area contributed by atoms with E-state index in [1.807, 2.05) is 47.0 Å². The van der Waals surface area contributed by atoms with Crippen molar-refractivity contribution in [1.82, 2.24) is 34.5 Å². The number of rotatable bonds is 4. The Morgan fingerprint density at radius 3 is 2.81 bits per heavy atom. The van der Waals surface area contributed by atoms with Crippen LogP contribution in [0.3, 0.4) is 0 Å². The molecule has 5 aromatic rings. The van der Waals surface area contributed by atoms with Crippen LogP contribution in [-0.2, 0) is 6.54 Å². The van der Waals surface area contributed by atoms with Crippen LogP contribution in [-0.4, -0.2) is 34.5 Å². The molecule has 0 fully saturated rings. The average Bonchev–Trinajstić information content (AvgIpc) is 3.31. The van der Waals surface area contributed by atoms with Crippen LogP contribution in [0.4, 0.5) is 5.82 Å². The van der Waals surface area contributed by atoms with E-state index in [2.05, 4.69) is 30.2 Å². The van der Waals surface area contributed by atoms with Crippen molar-refractivity contribution in [3.63, 3.8) is 0 Å². The molecular formula is C18H14N8. The first-order valence-corrected chi connectivity index (χ1v) is 8.16. The van der Waals surface area contributed by atoms with E-state index in [0.29, 0.717) is 18.0 Å². The molecule has 0 aliphatic rings. The molecule has 8 nitrogen and oxygen atoms in total. The SMILES string of the molecule is c1ccc(-n2c(CNc3ncnc4nc[nH]c34)nc3cccnc32)cc1. The number of fused-ring (bicyclic) bond motifs is 2. The van der Waals surface area contributed by atoms with Gasteiger partial charge < -0.3 is 10.3 Å². The standard InChI is InChI=1S/C18H14N8/c1-2-5-12(6-3-1)26-14(25-13-7-4-8-19-18(13)26)9-20-16-15-17(22-10-21-15)24-11-23-16/h1-8,10-11H,9H2,(H2,20,21,22,23,24). The highest BCUT2D eigenvalue weighted by atomic mass is 15.2. The van der Waals surface area contributed by atoms with E-state index in [9.17, 15) is 0 Å². The molecule has 5 rings (SSSR count). The number of nitrogens with zero attached hydrogens (tertiary/aromatic N) is 6. The molecule has 126 valence electrons. The van der Waals surface area contributed by atoms with Crippen LogP contribution in [0.2, 0.25) is 0 Å². The van der Waals surface area contributed by atoms with E-state index in [-0.39, 0.29) is 0 Å². The number of hydrogen-bond acceptors (Lipinski definition) is 6. The Morgan fingerprint density at radius 1 is 0.962 bits per heavy atom. The maximum absolute atomic E-state index is 4.74. The Kier molecular flexibility index (Phi) is 3.31. The first-order valence-electron chi connectivity index (χ1n) is 8.16. The molecule has 0 spiro atoms. The number of pyridine rings is 1. The van der Waals surface area contributed by atoms with Crippen molar-refractivity contribution in [2.24, 2.45) is 0 Å². The van der Waals surface area contributed by atoms with Crippen LogP contribution in [0.5, 0.6) is 0 Å². The molecule has 0 atom stereocenters. The van der Waals surface area contributed by atoms with Crippen LogP contribution in [0.15, 0.2) is 61.3 Å². The average molecular weight is 342 g/mol. The lowest BCUT2D eigenvalue weighted by molar-refractivity contribution is 0.904. The van der Waals surface area contributed by atoms with Gasteiger partial charge in [-0.05, 0) is 24.3 Å². The number of aromatic nitrogens is 7. The number of aromatic amines is 1. The van der Waals surface area contributed by atoms with Crippen molar-refractivity contribution in [2.45, 2.75) is 6.54 Å². The van der Waals surface area contributed by atoms with Crippen molar-refractivity contribution in [2.75, 3.05) is 5.32 Å². The minimum absolute atomic E-state index is 0.483. The lowest BCUT2D eigenvalue weighted by Crippen LogP contribution is -2.09. The molecule has 2 N–H and O–H groups in total. The zero-order chi connectivity index (χ0) is 17.3. The topological polar surface area (TPSA) is 97.2 Å². The van der Waals surface area contributed by atoms with Gasteiger partial charge in [0.05, 0.1) is 12.9 Å². The fraction of sp³-hybridized carbons (Fsp3) is 0.0556. The third-order valence-corrected chi connectivity index (χ3v) is 4.14. The van der Waals surface area contributed by atoms with Crippen LogP contribution < -0.4 is 5.32 Å². The molecular weight excluding hydrogens is 328 g/mol. The number of hydrogen-bond donors (Lipinski definition) is 2. The number of H-pyrrole nitrogens is 1. The van der Waals surface area contributed by atoms with E-state index in [4.69, 9.17) is 4.98 Å². The fourth-order valence-electron chi connectivity index (χ4n) is 2.99. The summed E-state index contributed by atoms with van der Waals surface area (Å²) in [6, 6.07) is 13.9. The highest BCUT2D eigenvalue weighted by Crippen LogP contribution is 2.21. The Bertz CT molecular complexity index is 1190. The van der Waals surface area contributed by atoms with Crippen molar-refractivity contribution < 1.29 is 0 Å². The van der Waals surface area contributed by atoms with Crippen molar-refractivity contribution in [1.29, 1.82) is 0 Å². The number of imidazole rings is 2. The second kappa shape index (κ2) is 5.92. The monoisotopic (exact) mass is 342 g/mol. The summed E-state index contributed by atoms with van der Waals surface area (Å²) in [6.07, 6.45) is 4.88. The van der Waals surface area contributed by atoms with Gasteiger partial charge in [0.1, 0.15) is 23.2 Å². The van der Waals surface area contributed by atoms with Gasteiger partial charge in [0.15, 0.2) is 17.1 Å². The molecule has 4 aromatic heterocycles. The normalized spacial score (nSPS) is 11.2. The van der Waals surface area contributed by atoms with Crippen LogP contribution >= 0.6 is 0 Å². The van der Waals surface area contributed by atoms with Crippen LogP contribution in [0, 0.1) is 0 Å². The molecule has 0 amide bonds. The molecule has 0 aliphatic heterocycles. The Labute approximate surface area is 148 Å². The summed E-state index contributed by atoms with van der Waals surface area (Å²) in [5.41, 5.74) is 4.08. The molecule has 0 saturated carbocycles. The predicted octanol–water partition coefficient (Wildman–Crippen LogP) is 2.70. The molecule has 0 bridgehead atoms. The van der Waals surface area contributed by atoms with Gasteiger partial charge in [-0.15, -0.1) is 0 Å². The Balaban J connectivity index is 1.58. The summed E-state index contributed by atoms with van der Waals surface area (Å²) in [5.74, 6) is 1.53. The summed E-state index contributed by atoms with van der Waals surface area (Å²) in [5, 5.41) is 3.33. The Morgan fingerprint density at radius 2 is 1.88 bits per heavy atom. The molecule has 4 heterocycles. The molecule has 1 aromatic carbocycles. The summed E-state index contributed by atoms with van der Waals surface area (Å²) >= 11 is 0. The summed E-state index contributed by atoms with van der Waals surface area (Å²) < 4.78 is 2.05. The molecule has 0 aliphatic carbocycles. The summed E-state index contributed by atoms with van der Waals surface area (Å²) in [4.78, 5) is 24.9. The van der Waals surface area contributed by atoms with E-state index >= 15 is 0 Å². The largest absolute Gasteiger partial charge is 0.361 e. The number of anilines is 1. The zero-order valence-electron chi connectivity index (χ0n) is 13.7. The molecule has 0 radical (unpaired) electrons. The molecule has 0 unspecified atom stereocenters. The first kappa shape index (κ1) is 14.5. The summed E-state index contributed by atoms with van der Waals surface area (Å²) in [7, 11) is 0. The minimum Gasteiger partial charge on any atom is -0.361 e. The van der Waals surface area contributed by atoms with Gasteiger partial charge in [0.2, 0.25) is 0 Å². The van der Waals surface area contributed by atoms with Gasteiger partial charge in [-0.3, -0.25) is 4.57 Å². The second-order valence-electron chi connectivity index (χ2n) is 5.72. The van der Waals surface area contributed by atoms with Crippen LogP contribution in [0.25, 0.3) is 28.0 Å². The van der Waals surface area contributed by atoms with Crippen LogP contribution in [0.1, 0.15) is 5.82 Å². The van der Waals surface area contributed by atoms with Gasteiger partial charge >= 0.3 is 0 Å². The minimum atomic E-state index is 0.483. The fourth-order valence-corrected chi connectivity index (χ4v) is 2.99. The van der Waals surface area contributed by atoms with Gasteiger partial charge in [-0.2, -0.15) is 0 Å². The number of benzene rings is 1. The highest BCUT2D eigenvalue weighted by molar-refractivity contribution is 5.82. The van der Waals surface area contributed by atoms with Crippen molar-refractivity contribution >= 4 is 28.1 Å². The van der Waals surface area contributed by atoms with Gasteiger partial charge in [-0.1, -0.05) is 18.2 Å². The quantitative estimate of drug-likeness (QED) is 0.521. The third kappa shape index (κ3) is 2.35. The maximum Gasteiger partial charge on any atom is 0.182 e. The second-order valence-corrected chi connectivity index (χ2v) is 5.72. The lowest BCUT2D eigenvalue weighted by Gasteiger charge is -2.10. The van der Waals surface area contributed by atoms with Crippen molar-refractivity contribution in [3.8, 4) is 5.69 Å². The number of para-hydroxylation sites is 1. The smallest absolute Gasteiger partial charge is 0.182 e. The van der Waals surface area contributed by atoms with E-state index in [1.165, 1.54) is 6.33 Å². The van der Waals surface area contributed by atoms with E-state index in [0.717, 1.165) is 28.2 Å². The Hall–Kier alpha value is -3.81. The highest BCUT2D eigenvalue weighted by Gasteiger charge is 2.14. The predicted molar refractivity (Wildman–Crippen MR) is 97.9 cm³/mol. The maximum atomic E-state index is 4.74. The third-order valence-electron chi connectivity index (χ3n) is 4.14. The lowest BCUT2D eigenvalue weighted by atomic mass is 10.3. The molecule has 8 heteroatoms. The van der Waals surface area contributed by atoms with E-state index in [1.54, 1.807) is 12.5 Å². The van der Waals surface area contributed by atoms with E-state index < -0.39 is 0 Å². The zero-order valence-corrected chi connectivity index (χ0v) is 13.7. The van der Waals surface area contributed by atoms with Gasteiger partial charge in [0, 0.05) is 11.9 Å². The molecule has 0 saturated heterocycles. The number of nitrogens with one attached hydrogen (secondary N) is 2. The van der Waals surface area contributed by atoms with Gasteiger partial charge in [-0.25, -0.2) is 24.9 Å².